The Hall–Kier alpha value is -2.42. The van der Waals surface area contributed by atoms with Crippen LogP contribution in [-0.2, 0) is 0 Å². The molecule has 0 aliphatic carbocycles. The molecule has 0 saturated heterocycles. The van der Waals surface area contributed by atoms with Crippen molar-refractivity contribution >= 4 is 23.4 Å². The van der Waals surface area contributed by atoms with E-state index in [2.05, 4.69) is 30.3 Å². The fourth-order valence-corrected chi connectivity index (χ4v) is 2.39. The number of fused-ring (bicyclic) bond motifs is 2. The van der Waals surface area contributed by atoms with Gasteiger partial charge in [0.1, 0.15) is 11.5 Å². The van der Waals surface area contributed by atoms with Crippen LogP contribution in [-0.4, -0.2) is 7.12 Å². The van der Waals surface area contributed by atoms with Gasteiger partial charge in [-0.2, -0.15) is 0 Å². The summed E-state index contributed by atoms with van der Waals surface area (Å²) in [5.41, 5.74) is 1.04. The first-order valence-corrected chi connectivity index (χ1v) is 6.31. The Labute approximate surface area is 111 Å². The Morgan fingerprint density at radius 2 is 1.26 bits per heavy atom. The Kier molecular flexibility index (Phi) is 2.24. The predicted molar refractivity (Wildman–Crippen MR) is 77.0 cm³/mol. The fourth-order valence-electron chi connectivity index (χ4n) is 2.39. The summed E-state index contributed by atoms with van der Waals surface area (Å²) in [5.74, 6) is 1.61. The van der Waals surface area contributed by atoms with Gasteiger partial charge in [0.2, 0.25) is 0 Å². The van der Waals surface area contributed by atoms with Gasteiger partial charge in [-0.1, -0.05) is 54.6 Å². The lowest BCUT2D eigenvalue weighted by molar-refractivity contribution is 0.519. The van der Waals surface area contributed by atoms with Gasteiger partial charge in [0, 0.05) is 5.46 Å². The van der Waals surface area contributed by atoms with Crippen molar-refractivity contribution in [2.75, 3.05) is 0 Å². The van der Waals surface area contributed by atoms with E-state index in [0.717, 1.165) is 17.0 Å². The highest BCUT2D eigenvalue weighted by molar-refractivity contribution is 6.63. The van der Waals surface area contributed by atoms with Gasteiger partial charge in [-0.25, -0.2) is 0 Å². The summed E-state index contributed by atoms with van der Waals surface area (Å²) >= 11 is 0. The quantitative estimate of drug-likeness (QED) is 0.614. The minimum Gasteiger partial charge on any atom is -0.519 e. The summed E-state index contributed by atoms with van der Waals surface area (Å²) in [6.45, 7) is 0. The van der Waals surface area contributed by atoms with E-state index < -0.39 is 0 Å². The van der Waals surface area contributed by atoms with Crippen molar-refractivity contribution in [2.24, 2.45) is 0 Å². The molecule has 0 spiro atoms. The normalized spacial score (nSPS) is 12.9. The lowest BCUT2D eigenvalue weighted by Gasteiger charge is -2.06. The van der Waals surface area contributed by atoms with E-state index in [1.165, 1.54) is 10.8 Å². The van der Waals surface area contributed by atoms with Crippen LogP contribution in [0.1, 0.15) is 0 Å². The van der Waals surface area contributed by atoms with Gasteiger partial charge in [-0.3, -0.25) is 0 Å². The van der Waals surface area contributed by atoms with Crippen LogP contribution in [0.25, 0.3) is 10.8 Å². The SMILES string of the molecule is c1ccc2c(c1)OB(c1ccc3ccccc3c1)O2. The highest BCUT2D eigenvalue weighted by Gasteiger charge is 2.33. The number of hydrogen-bond donors (Lipinski definition) is 0. The van der Waals surface area contributed by atoms with Gasteiger partial charge >= 0.3 is 7.12 Å². The van der Waals surface area contributed by atoms with E-state index in [-0.39, 0.29) is 7.12 Å². The molecule has 3 heteroatoms. The molecule has 3 aromatic carbocycles. The Balaban J connectivity index is 1.73. The lowest BCUT2D eigenvalue weighted by Crippen LogP contribution is -2.38. The fraction of sp³-hybridized carbons (Fsp3) is 0. The van der Waals surface area contributed by atoms with E-state index in [1.54, 1.807) is 0 Å². The monoisotopic (exact) mass is 246 g/mol. The molecule has 1 aliphatic heterocycles. The van der Waals surface area contributed by atoms with E-state index in [0.29, 0.717) is 0 Å². The highest BCUT2D eigenvalue weighted by atomic mass is 16.6. The number of hydrogen-bond acceptors (Lipinski definition) is 2. The molecule has 0 amide bonds. The lowest BCUT2D eigenvalue weighted by atomic mass is 9.78. The zero-order valence-electron chi connectivity index (χ0n) is 10.2. The first kappa shape index (κ1) is 10.5. The molecule has 0 atom stereocenters. The van der Waals surface area contributed by atoms with Crippen LogP contribution in [0, 0.1) is 0 Å². The predicted octanol–water partition coefficient (Wildman–Crippen LogP) is 3.01. The molecule has 1 heterocycles. The topological polar surface area (TPSA) is 18.5 Å². The average Bonchev–Trinajstić information content (AvgIpc) is 2.90. The molecule has 0 fully saturated rings. The molecule has 0 aromatic heterocycles. The Morgan fingerprint density at radius 1 is 0.632 bits per heavy atom. The van der Waals surface area contributed by atoms with Crippen LogP contribution in [0.2, 0.25) is 0 Å². The third-order valence-corrected chi connectivity index (χ3v) is 3.36. The van der Waals surface area contributed by atoms with Crippen LogP contribution >= 0.6 is 0 Å². The molecule has 0 radical (unpaired) electrons. The first-order valence-electron chi connectivity index (χ1n) is 6.31. The van der Waals surface area contributed by atoms with Gasteiger partial charge in [0.25, 0.3) is 0 Å². The number of benzene rings is 3. The molecule has 0 N–H and O–H groups in total. The van der Waals surface area contributed by atoms with Crippen LogP contribution in [0.5, 0.6) is 11.5 Å². The van der Waals surface area contributed by atoms with E-state index in [1.807, 2.05) is 36.4 Å². The molecule has 19 heavy (non-hydrogen) atoms. The molecule has 1 aliphatic rings. The van der Waals surface area contributed by atoms with Crippen LogP contribution in [0.15, 0.2) is 66.7 Å². The number of para-hydroxylation sites is 2. The maximum Gasteiger partial charge on any atom is 0.632 e. The molecule has 0 bridgehead atoms. The van der Waals surface area contributed by atoms with Gasteiger partial charge < -0.3 is 9.31 Å². The second-order valence-corrected chi connectivity index (χ2v) is 4.62. The van der Waals surface area contributed by atoms with Crippen molar-refractivity contribution in [1.29, 1.82) is 0 Å². The summed E-state index contributed by atoms with van der Waals surface area (Å²) in [5, 5.41) is 2.42. The summed E-state index contributed by atoms with van der Waals surface area (Å²) in [6, 6.07) is 22.3. The van der Waals surface area contributed by atoms with Crippen molar-refractivity contribution in [3.63, 3.8) is 0 Å². The summed E-state index contributed by atoms with van der Waals surface area (Å²) < 4.78 is 11.6. The molecular weight excluding hydrogens is 235 g/mol. The third kappa shape index (κ3) is 1.75. The van der Waals surface area contributed by atoms with E-state index in [9.17, 15) is 0 Å². The zero-order chi connectivity index (χ0) is 12.7. The molecular formula is C16H11BO2. The van der Waals surface area contributed by atoms with E-state index in [4.69, 9.17) is 9.31 Å². The summed E-state index contributed by atoms with van der Waals surface area (Å²) in [7, 11) is -0.345. The zero-order valence-corrected chi connectivity index (χ0v) is 10.2. The minimum absolute atomic E-state index is 0.345. The molecule has 2 nitrogen and oxygen atoms in total. The van der Waals surface area contributed by atoms with Gasteiger partial charge in [0.15, 0.2) is 0 Å². The molecule has 0 saturated carbocycles. The van der Waals surface area contributed by atoms with Gasteiger partial charge in [-0.05, 0) is 22.9 Å². The minimum atomic E-state index is -0.345. The van der Waals surface area contributed by atoms with Crippen LogP contribution < -0.4 is 14.8 Å². The summed E-state index contributed by atoms with van der Waals surface area (Å²) in [4.78, 5) is 0. The molecule has 90 valence electrons. The molecule has 3 aromatic rings. The Bertz CT molecular complexity index is 729. The Morgan fingerprint density at radius 3 is 2.00 bits per heavy atom. The van der Waals surface area contributed by atoms with Gasteiger partial charge in [0.05, 0.1) is 0 Å². The van der Waals surface area contributed by atoms with Crippen molar-refractivity contribution in [3.05, 3.63) is 66.7 Å². The van der Waals surface area contributed by atoms with Crippen molar-refractivity contribution < 1.29 is 9.31 Å². The standard InChI is InChI=1S/C16H11BO2/c1-2-6-13-11-14(10-9-12(13)5-1)17-18-15-7-3-4-8-16(15)19-17/h1-11H. The summed E-state index contributed by atoms with van der Waals surface area (Å²) in [6.07, 6.45) is 0. The van der Waals surface area contributed by atoms with Gasteiger partial charge in [-0.15, -0.1) is 0 Å². The van der Waals surface area contributed by atoms with Crippen LogP contribution in [0.4, 0.5) is 0 Å². The second kappa shape index (κ2) is 4.06. The maximum atomic E-state index is 5.82. The highest BCUT2D eigenvalue weighted by Crippen LogP contribution is 2.32. The maximum absolute atomic E-state index is 5.82. The number of rotatable bonds is 1. The van der Waals surface area contributed by atoms with E-state index >= 15 is 0 Å². The largest absolute Gasteiger partial charge is 0.632 e. The first-order chi connectivity index (χ1) is 9.40. The van der Waals surface area contributed by atoms with Crippen LogP contribution in [0.3, 0.4) is 0 Å². The van der Waals surface area contributed by atoms with Crippen molar-refractivity contribution in [1.82, 2.24) is 0 Å². The van der Waals surface area contributed by atoms with Crippen molar-refractivity contribution in [3.8, 4) is 11.5 Å². The average molecular weight is 246 g/mol. The molecule has 0 unspecified atom stereocenters. The smallest absolute Gasteiger partial charge is 0.519 e. The second-order valence-electron chi connectivity index (χ2n) is 4.62. The molecule has 4 rings (SSSR count). The van der Waals surface area contributed by atoms with Crippen molar-refractivity contribution in [2.45, 2.75) is 0 Å². The third-order valence-electron chi connectivity index (χ3n) is 3.36.